The van der Waals surface area contributed by atoms with Gasteiger partial charge in [0.15, 0.2) is 6.10 Å². The largest absolute Gasteiger partial charge is 0.462 e. The Balaban J connectivity index is 4.10. The van der Waals surface area contributed by atoms with Crippen molar-refractivity contribution in [3.05, 3.63) is 36.5 Å². The summed E-state index contributed by atoms with van der Waals surface area (Å²) in [7, 11) is 0. The maximum absolute atomic E-state index is 12.9. The summed E-state index contributed by atoms with van der Waals surface area (Å²) in [4.78, 5) is 38.3. The molecular weight excluding hydrogens is 937 g/mol. The number of allylic oxidation sites excluding steroid dienone is 6. The SMILES string of the molecule is CCCCC/C=C\CCCCCCCC(=O)OCC(COC(=O)CCCCCCCCCCCCCCCCCCCCC/C=C\C/C=C\CCCCCCC)OC(=O)CCCCCCCCCCCCCCCCC. The van der Waals surface area contributed by atoms with Crippen molar-refractivity contribution < 1.29 is 28.6 Å². The molecule has 0 amide bonds. The van der Waals surface area contributed by atoms with Gasteiger partial charge in [0, 0.05) is 19.3 Å². The molecule has 0 saturated carbocycles. The van der Waals surface area contributed by atoms with Gasteiger partial charge in [0.05, 0.1) is 0 Å². The number of carbonyl (C=O) groups excluding carboxylic acids is 3. The number of carbonyl (C=O) groups is 3. The van der Waals surface area contributed by atoms with E-state index in [9.17, 15) is 14.4 Å². The number of hydrogen-bond acceptors (Lipinski definition) is 6. The molecule has 0 aliphatic rings. The van der Waals surface area contributed by atoms with E-state index in [-0.39, 0.29) is 31.1 Å². The first-order chi connectivity index (χ1) is 37.5. The standard InChI is InChI=1S/C70H130O6/c1-4-7-10-13-16-19-22-25-27-28-29-30-31-32-33-34-35-36-37-38-39-40-41-42-44-45-48-51-54-57-60-63-69(72)75-66-67(65-74-68(71)62-59-56-53-50-47-24-21-18-15-12-9-6-3)76-70(73)64-61-58-55-52-49-46-43-26-23-20-17-14-11-8-5-2/h18,21-22,25,28-29,67H,4-17,19-20,23-24,26-27,30-66H2,1-3H3/b21-18-,25-22-,29-28-. The van der Waals surface area contributed by atoms with E-state index in [1.54, 1.807) is 0 Å². The van der Waals surface area contributed by atoms with E-state index in [1.165, 1.54) is 263 Å². The first-order valence-corrected chi connectivity index (χ1v) is 34.0. The molecule has 0 saturated heterocycles. The summed E-state index contributed by atoms with van der Waals surface area (Å²) in [6, 6.07) is 0. The van der Waals surface area contributed by atoms with Crippen molar-refractivity contribution in [3.63, 3.8) is 0 Å². The minimum atomic E-state index is -0.771. The van der Waals surface area contributed by atoms with Crippen molar-refractivity contribution >= 4 is 17.9 Å². The Morgan fingerprint density at radius 1 is 0.263 bits per heavy atom. The van der Waals surface area contributed by atoms with Crippen LogP contribution in [0.5, 0.6) is 0 Å². The van der Waals surface area contributed by atoms with Gasteiger partial charge in [0.2, 0.25) is 0 Å². The summed E-state index contributed by atoms with van der Waals surface area (Å²) >= 11 is 0. The quantitative estimate of drug-likeness (QED) is 0.0261. The predicted octanol–water partition coefficient (Wildman–Crippen LogP) is 23.2. The highest BCUT2D eigenvalue weighted by Gasteiger charge is 2.19. The van der Waals surface area contributed by atoms with Gasteiger partial charge < -0.3 is 14.2 Å². The molecule has 0 spiro atoms. The summed E-state index contributed by atoms with van der Waals surface area (Å²) < 4.78 is 16.9. The fraction of sp³-hybridized carbons (Fsp3) is 0.871. The monoisotopic (exact) mass is 1070 g/mol. The van der Waals surface area contributed by atoms with Gasteiger partial charge in [0.1, 0.15) is 13.2 Å². The maximum Gasteiger partial charge on any atom is 0.306 e. The Hall–Kier alpha value is -2.37. The number of unbranched alkanes of at least 4 members (excludes halogenated alkanes) is 46. The van der Waals surface area contributed by atoms with Crippen molar-refractivity contribution in [3.8, 4) is 0 Å². The second-order valence-electron chi connectivity index (χ2n) is 23.1. The zero-order valence-electron chi connectivity index (χ0n) is 51.3. The van der Waals surface area contributed by atoms with Gasteiger partial charge in [-0.15, -0.1) is 0 Å². The highest BCUT2D eigenvalue weighted by molar-refractivity contribution is 5.71. The van der Waals surface area contributed by atoms with Crippen molar-refractivity contribution in [2.24, 2.45) is 0 Å². The Labute approximate surface area is 474 Å². The van der Waals surface area contributed by atoms with E-state index in [2.05, 4.69) is 57.2 Å². The average molecular weight is 1070 g/mol. The molecule has 6 nitrogen and oxygen atoms in total. The smallest absolute Gasteiger partial charge is 0.306 e. The third kappa shape index (κ3) is 62.5. The Morgan fingerprint density at radius 3 is 0.763 bits per heavy atom. The van der Waals surface area contributed by atoms with Crippen LogP contribution in [0.25, 0.3) is 0 Å². The van der Waals surface area contributed by atoms with Crippen LogP contribution in [-0.2, 0) is 28.6 Å². The number of hydrogen-bond donors (Lipinski definition) is 0. The van der Waals surface area contributed by atoms with Gasteiger partial charge in [-0.05, 0) is 77.0 Å². The molecule has 0 aliphatic carbocycles. The molecule has 0 bridgehead atoms. The minimum Gasteiger partial charge on any atom is -0.462 e. The Bertz CT molecular complexity index is 1270. The van der Waals surface area contributed by atoms with Gasteiger partial charge in [-0.3, -0.25) is 14.4 Å². The van der Waals surface area contributed by atoms with Crippen LogP contribution in [0.3, 0.4) is 0 Å². The molecule has 0 fully saturated rings. The molecular formula is C70H130O6. The van der Waals surface area contributed by atoms with Crippen LogP contribution < -0.4 is 0 Å². The van der Waals surface area contributed by atoms with Gasteiger partial charge in [-0.2, -0.15) is 0 Å². The number of rotatable bonds is 63. The fourth-order valence-electron chi connectivity index (χ4n) is 10.2. The lowest BCUT2D eigenvalue weighted by atomic mass is 10.0. The zero-order chi connectivity index (χ0) is 55.0. The first-order valence-electron chi connectivity index (χ1n) is 34.0. The molecule has 0 rings (SSSR count). The molecule has 0 aromatic heterocycles. The summed E-state index contributed by atoms with van der Waals surface area (Å²) in [6.45, 7) is 6.66. The maximum atomic E-state index is 12.9. The lowest BCUT2D eigenvalue weighted by Gasteiger charge is -2.18. The third-order valence-corrected chi connectivity index (χ3v) is 15.4. The van der Waals surface area contributed by atoms with Crippen LogP contribution in [0.4, 0.5) is 0 Å². The summed E-state index contributed by atoms with van der Waals surface area (Å²) in [5.74, 6) is -0.853. The van der Waals surface area contributed by atoms with Gasteiger partial charge >= 0.3 is 17.9 Å². The van der Waals surface area contributed by atoms with Crippen LogP contribution in [0.1, 0.15) is 374 Å². The first kappa shape index (κ1) is 73.6. The normalized spacial score (nSPS) is 12.2. The van der Waals surface area contributed by atoms with Crippen LogP contribution in [0.15, 0.2) is 36.5 Å². The topological polar surface area (TPSA) is 78.9 Å². The molecule has 0 aromatic rings. The lowest BCUT2D eigenvalue weighted by Crippen LogP contribution is -2.30. The summed E-state index contributed by atoms with van der Waals surface area (Å²) in [6.07, 6.45) is 80.3. The molecule has 0 aromatic carbocycles. The molecule has 0 N–H and O–H groups in total. The van der Waals surface area contributed by atoms with Crippen LogP contribution in [-0.4, -0.2) is 37.2 Å². The molecule has 0 radical (unpaired) electrons. The molecule has 0 aliphatic heterocycles. The van der Waals surface area contributed by atoms with E-state index in [4.69, 9.17) is 14.2 Å². The van der Waals surface area contributed by atoms with Crippen molar-refractivity contribution in [1.29, 1.82) is 0 Å². The Morgan fingerprint density at radius 2 is 0.474 bits per heavy atom. The van der Waals surface area contributed by atoms with E-state index in [0.717, 1.165) is 70.6 Å². The van der Waals surface area contributed by atoms with Crippen LogP contribution >= 0.6 is 0 Å². The second kappa shape index (κ2) is 65.2. The minimum absolute atomic E-state index is 0.0689. The summed E-state index contributed by atoms with van der Waals surface area (Å²) in [5, 5.41) is 0. The van der Waals surface area contributed by atoms with Gasteiger partial charge in [-0.25, -0.2) is 0 Å². The van der Waals surface area contributed by atoms with Crippen molar-refractivity contribution in [2.75, 3.05) is 13.2 Å². The number of esters is 3. The molecule has 446 valence electrons. The molecule has 76 heavy (non-hydrogen) atoms. The molecule has 6 heteroatoms. The second-order valence-corrected chi connectivity index (χ2v) is 23.1. The average Bonchev–Trinajstić information content (AvgIpc) is 3.42. The van der Waals surface area contributed by atoms with Crippen LogP contribution in [0, 0.1) is 0 Å². The van der Waals surface area contributed by atoms with E-state index < -0.39 is 6.10 Å². The fourth-order valence-corrected chi connectivity index (χ4v) is 10.2. The van der Waals surface area contributed by atoms with Gasteiger partial charge in [-0.1, -0.05) is 314 Å². The summed E-state index contributed by atoms with van der Waals surface area (Å²) in [5.41, 5.74) is 0. The predicted molar refractivity (Wildman–Crippen MR) is 330 cm³/mol. The van der Waals surface area contributed by atoms with Crippen molar-refractivity contribution in [2.45, 2.75) is 380 Å². The highest BCUT2D eigenvalue weighted by atomic mass is 16.6. The Kier molecular flexibility index (Phi) is 63.1. The highest BCUT2D eigenvalue weighted by Crippen LogP contribution is 2.18. The molecule has 1 unspecified atom stereocenters. The van der Waals surface area contributed by atoms with Crippen molar-refractivity contribution in [1.82, 2.24) is 0 Å². The van der Waals surface area contributed by atoms with E-state index in [0.29, 0.717) is 19.3 Å². The van der Waals surface area contributed by atoms with Crippen LogP contribution in [0.2, 0.25) is 0 Å². The lowest BCUT2D eigenvalue weighted by molar-refractivity contribution is -0.167. The van der Waals surface area contributed by atoms with E-state index in [1.807, 2.05) is 0 Å². The molecule has 0 heterocycles. The van der Waals surface area contributed by atoms with Gasteiger partial charge in [0.25, 0.3) is 0 Å². The van der Waals surface area contributed by atoms with E-state index >= 15 is 0 Å². The zero-order valence-corrected chi connectivity index (χ0v) is 51.3. The third-order valence-electron chi connectivity index (χ3n) is 15.4. The number of ether oxygens (including phenoxy) is 3. The molecule has 1 atom stereocenters.